The molecule has 0 aliphatic rings. The molecule has 0 aliphatic heterocycles. The number of carbonyl (C=O) groups is 1. The van der Waals surface area contributed by atoms with E-state index in [1.165, 1.54) is 6.92 Å². The maximum Gasteiger partial charge on any atom is 0.260 e. The number of halogens is 2. The summed E-state index contributed by atoms with van der Waals surface area (Å²) in [6.07, 6.45) is -0.757. The van der Waals surface area contributed by atoms with Crippen LogP contribution in [0, 0.1) is 11.6 Å². The fourth-order valence-electron chi connectivity index (χ4n) is 1.37. The van der Waals surface area contributed by atoms with Gasteiger partial charge in [-0.2, -0.15) is 0 Å². The lowest BCUT2D eigenvalue weighted by Gasteiger charge is -2.03. The predicted octanol–water partition coefficient (Wildman–Crippen LogP) is 2.73. The summed E-state index contributed by atoms with van der Waals surface area (Å²) in [6.45, 7) is 1.53. The number of aliphatic hydroxyl groups is 1. The Morgan fingerprint density at radius 2 is 2.21 bits per heavy atom. The molecule has 0 bridgehead atoms. The van der Waals surface area contributed by atoms with Crippen molar-refractivity contribution < 1.29 is 18.7 Å². The highest BCUT2D eigenvalue weighted by molar-refractivity contribution is 7.14. The van der Waals surface area contributed by atoms with Crippen LogP contribution in [0.2, 0.25) is 0 Å². The normalized spacial score (nSPS) is 12.2. The summed E-state index contributed by atoms with van der Waals surface area (Å²) in [6, 6.07) is 2.63. The third kappa shape index (κ3) is 3.12. The molecule has 0 saturated carbocycles. The van der Waals surface area contributed by atoms with E-state index in [9.17, 15) is 18.7 Å². The molecule has 1 aromatic carbocycles. The molecule has 100 valence electrons. The van der Waals surface area contributed by atoms with Gasteiger partial charge in [0, 0.05) is 5.38 Å². The van der Waals surface area contributed by atoms with E-state index in [1.54, 1.807) is 5.38 Å². The van der Waals surface area contributed by atoms with Crippen LogP contribution in [0.25, 0.3) is 0 Å². The number of benzene rings is 1. The molecule has 0 aliphatic carbocycles. The van der Waals surface area contributed by atoms with E-state index in [4.69, 9.17) is 0 Å². The molecule has 2 rings (SSSR count). The molecule has 2 aromatic rings. The molecule has 0 spiro atoms. The number of nitrogens with zero attached hydrogens (tertiary/aromatic N) is 1. The van der Waals surface area contributed by atoms with Gasteiger partial charge in [-0.05, 0) is 25.1 Å². The first-order valence-corrected chi connectivity index (χ1v) is 6.25. The van der Waals surface area contributed by atoms with E-state index in [-0.39, 0.29) is 5.13 Å². The van der Waals surface area contributed by atoms with Gasteiger partial charge in [-0.15, -0.1) is 11.3 Å². The second kappa shape index (κ2) is 5.41. The zero-order valence-electron chi connectivity index (χ0n) is 9.85. The minimum absolute atomic E-state index is 0.213. The first-order chi connectivity index (χ1) is 8.97. The van der Waals surface area contributed by atoms with Gasteiger partial charge in [0.25, 0.3) is 5.91 Å². The Morgan fingerprint density at radius 3 is 2.84 bits per heavy atom. The highest BCUT2D eigenvalue weighted by Gasteiger charge is 2.15. The quantitative estimate of drug-likeness (QED) is 0.911. The van der Waals surface area contributed by atoms with Crippen LogP contribution in [-0.4, -0.2) is 16.0 Å². The molecule has 4 nitrogen and oxygen atoms in total. The van der Waals surface area contributed by atoms with Crippen molar-refractivity contribution >= 4 is 22.4 Å². The van der Waals surface area contributed by atoms with Crippen LogP contribution >= 0.6 is 11.3 Å². The van der Waals surface area contributed by atoms with Crippen LogP contribution in [0.1, 0.15) is 29.1 Å². The number of hydrogen-bond acceptors (Lipinski definition) is 4. The van der Waals surface area contributed by atoms with Gasteiger partial charge in [0.15, 0.2) is 5.13 Å². The zero-order valence-corrected chi connectivity index (χ0v) is 10.7. The molecule has 1 amide bonds. The van der Waals surface area contributed by atoms with E-state index in [2.05, 4.69) is 10.3 Å². The summed E-state index contributed by atoms with van der Waals surface area (Å²) >= 11 is 1.09. The maximum atomic E-state index is 13.4. The highest BCUT2D eigenvalue weighted by Crippen LogP contribution is 2.21. The van der Waals surface area contributed by atoms with Crippen molar-refractivity contribution in [3.8, 4) is 0 Å². The largest absolute Gasteiger partial charge is 0.387 e. The highest BCUT2D eigenvalue weighted by atomic mass is 32.1. The SMILES string of the molecule is CC(O)c1csc(NC(=O)c2cc(F)ccc2F)n1. The van der Waals surface area contributed by atoms with Crippen LogP contribution in [0.15, 0.2) is 23.6 Å². The molecule has 1 aromatic heterocycles. The van der Waals surface area contributed by atoms with Crippen molar-refractivity contribution in [1.82, 2.24) is 4.98 Å². The van der Waals surface area contributed by atoms with Gasteiger partial charge in [-0.25, -0.2) is 13.8 Å². The van der Waals surface area contributed by atoms with Crippen molar-refractivity contribution in [3.63, 3.8) is 0 Å². The summed E-state index contributed by atoms with van der Waals surface area (Å²) in [4.78, 5) is 15.7. The Bertz CT molecular complexity index is 614. The molecule has 1 heterocycles. The standard InChI is InChI=1S/C12H10F2N2O2S/c1-6(17)10-5-19-12(15-10)16-11(18)8-4-7(13)2-3-9(8)14/h2-6,17H,1H3,(H,15,16,18). The lowest BCUT2D eigenvalue weighted by Crippen LogP contribution is -2.14. The maximum absolute atomic E-state index is 13.4. The third-order valence-corrected chi connectivity index (χ3v) is 3.12. The van der Waals surface area contributed by atoms with Crippen LogP contribution in [0.3, 0.4) is 0 Å². The number of thiazole rings is 1. The number of anilines is 1. The fourth-order valence-corrected chi connectivity index (χ4v) is 2.16. The Hall–Kier alpha value is -1.86. The first kappa shape index (κ1) is 13.6. The molecule has 2 N–H and O–H groups in total. The predicted molar refractivity (Wildman–Crippen MR) is 67.1 cm³/mol. The number of aromatic nitrogens is 1. The Morgan fingerprint density at radius 1 is 1.47 bits per heavy atom. The average molecular weight is 284 g/mol. The van der Waals surface area contributed by atoms with Gasteiger partial charge in [0.05, 0.1) is 17.4 Å². The van der Waals surface area contributed by atoms with Crippen molar-refractivity contribution in [2.24, 2.45) is 0 Å². The molecule has 1 unspecified atom stereocenters. The van der Waals surface area contributed by atoms with Gasteiger partial charge in [-0.3, -0.25) is 10.1 Å². The number of aliphatic hydroxyl groups excluding tert-OH is 1. The number of amides is 1. The van der Waals surface area contributed by atoms with Gasteiger partial charge in [-0.1, -0.05) is 0 Å². The van der Waals surface area contributed by atoms with Gasteiger partial charge in [0.2, 0.25) is 0 Å². The topological polar surface area (TPSA) is 62.2 Å². The second-order valence-electron chi connectivity index (χ2n) is 3.83. The van der Waals surface area contributed by atoms with Gasteiger partial charge in [0.1, 0.15) is 11.6 Å². The summed E-state index contributed by atoms with van der Waals surface area (Å²) in [5.41, 5.74) is 0.00816. The van der Waals surface area contributed by atoms with Crippen molar-refractivity contribution in [2.75, 3.05) is 5.32 Å². The number of rotatable bonds is 3. The van der Waals surface area contributed by atoms with E-state index in [1.807, 2.05) is 0 Å². The van der Waals surface area contributed by atoms with Crippen molar-refractivity contribution in [3.05, 3.63) is 46.5 Å². The third-order valence-electron chi connectivity index (χ3n) is 2.34. The molecule has 19 heavy (non-hydrogen) atoms. The monoisotopic (exact) mass is 284 g/mol. The lowest BCUT2D eigenvalue weighted by atomic mass is 10.2. The number of hydrogen-bond donors (Lipinski definition) is 2. The zero-order chi connectivity index (χ0) is 14.0. The summed E-state index contributed by atoms with van der Waals surface area (Å²) in [5, 5.41) is 13.4. The molecule has 0 radical (unpaired) electrons. The molecular formula is C12H10F2N2O2S. The van der Waals surface area contributed by atoms with E-state index < -0.39 is 29.2 Å². The Balaban J connectivity index is 2.18. The smallest absolute Gasteiger partial charge is 0.260 e. The molecule has 7 heteroatoms. The van der Waals surface area contributed by atoms with Gasteiger partial charge < -0.3 is 5.11 Å². The molecular weight excluding hydrogens is 274 g/mol. The van der Waals surface area contributed by atoms with E-state index in [0.717, 1.165) is 29.5 Å². The molecule has 1 atom stereocenters. The summed E-state index contributed by atoms with van der Waals surface area (Å²) < 4.78 is 26.3. The molecule has 0 fully saturated rings. The summed E-state index contributed by atoms with van der Waals surface area (Å²) in [7, 11) is 0. The summed E-state index contributed by atoms with van der Waals surface area (Å²) in [5.74, 6) is -2.30. The van der Waals surface area contributed by atoms with Crippen LogP contribution in [0.4, 0.5) is 13.9 Å². The Kier molecular flexibility index (Phi) is 3.87. The average Bonchev–Trinajstić information content (AvgIpc) is 2.80. The minimum atomic E-state index is -0.814. The van der Waals surface area contributed by atoms with Crippen molar-refractivity contribution in [2.45, 2.75) is 13.0 Å². The van der Waals surface area contributed by atoms with Crippen LogP contribution in [0.5, 0.6) is 0 Å². The number of carbonyl (C=O) groups excluding carboxylic acids is 1. The Labute approximate surface area is 111 Å². The minimum Gasteiger partial charge on any atom is -0.387 e. The van der Waals surface area contributed by atoms with Crippen LogP contribution < -0.4 is 5.32 Å². The fraction of sp³-hybridized carbons (Fsp3) is 0.167. The second-order valence-corrected chi connectivity index (χ2v) is 4.69. The van der Waals surface area contributed by atoms with E-state index >= 15 is 0 Å². The van der Waals surface area contributed by atoms with Crippen LogP contribution in [-0.2, 0) is 0 Å². The van der Waals surface area contributed by atoms with Gasteiger partial charge >= 0.3 is 0 Å². The van der Waals surface area contributed by atoms with Crippen molar-refractivity contribution in [1.29, 1.82) is 0 Å². The van der Waals surface area contributed by atoms with E-state index in [0.29, 0.717) is 5.69 Å². The molecule has 0 saturated heterocycles. The first-order valence-electron chi connectivity index (χ1n) is 5.37. The lowest BCUT2D eigenvalue weighted by molar-refractivity contribution is 0.102. The number of nitrogens with one attached hydrogen (secondary N) is 1.